The molecule has 0 saturated carbocycles. The molecule has 0 aliphatic carbocycles. The predicted molar refractivity (Wildman–Crippen MR) is 139 cm³/mol. The van der Waals surface area contributed by atoms with Crippen molar-refractivity contribution in [2.24, 2.45) is 0 Å². The Bertz CT molecular complexity index is 937. The summed E-state index contributed by atoms with van der Waals surface area (Å²) >= 11 is 0. The number of aromatic hydroxyl groups is 2. The molecule has 0 bridgehead atoms. The van der Waals surface area contributed by atoms with Crippen LogP contribution in [-0.2, 0) is 4.79 Å². The zero-order valence-corrected chi connectivity index (χ0v) is 21.0. The number of phenolic OH excluding ortho intramolecular Hbond substituents is 2. The fraction of sp³-hybridized carbons (Fsp3) is 0.483. The molecular weight excluding hydrogens is 444 g/mol. The number of aliphatic hydroxyl groups is 1. The summed E-state index contributed by atoms with van der Waals surface area (Å²) in [4.78, 5) is 12.5. The maximum absolute atomic E-state index is 12.5. The predicted octanol–water partition coefficient (Wildman–Crippen LogP) is 7.07. The summed E-state index contributed by atoms with van der Waals surface area (Å²) in [5.74, 6) is 0.314. The average Bonchev–Trinajstić information content (AvgIpc) is 2.82. The number of benzene rings is 2. The Labute approximate surface area is 209 Å². The van der Waals surface area contributed by atoms with Gasteiger partial charge in [-0.25, -0.2) is 0 Å². The highest BCUT2D eigenvalue weighted by atomic mass is 16.5. The van der Waals surface area contributed by atoms with Crippen molar-refractivity contribution < 1.29 is 29.6 Å². The molecule has 0 aliphatic heterocycles. The number of rotatable bonds is 16. The van der Waals surface area contributed by atoms with Gasteiger partial charge >= 0.3 is 5.97 Å². The van der Waals surface area contributed by atoms with Crippen LogP contribution in [0.5, 0.6) is 23.0 Å². The van der Waals surface area contributed by atoms with Crippen LogP contribution in [0.3, 0.4) is 0 Å². The fourth-order valence-corrected chi connectivity index (χ4v) is 3.83. The maximum Gasteiger partial charge on any atom is 0.311 e. The Morgan fingerprint density at radius 2 is 1.60 bits per heavy atom. The van der Waals surface area contributed by atoms with E-state index in [-0.39, 0.29) is 23.2 Å². The van der Waals surface area contributed by atoms with Gasteiger partial charge in [0.15, 0.2) is 0 Å². The van der Waals surface area contributed by atoms with Crippen molar-refractivity contribution in [2.75, 3.05) is 6.61 Å². The number of hydrogen-bond acceptors (Lipinski definition) is 6. The molecule has 0 aromatic heterocycles. The highest BCUT2D eigenvalue weighted by molar-refractivity contribution is 5.73. The number of aliphatic hydroxyl groups excluding tert-OH is 1. The van der Waals surface area contributed by atoms with Crippen LogP contribution in [0.4, 0.5) is 0 Å². The highest BCUT2D eigenvalue weighted by Crippen LogP contribution is 2.32. The van der Waals surface area contributed by atoms with Gasteiger partial charge < -0.3 is 24.8 Å². The average molecular weight is 485 g/mol. The van der Waals surface area contributed by atoms with Crippen LogP contribution in [0.1, 0.15) is 95.3 Å². The Morgan fingerprint density at radius 3 is 2.26 bits per heavy atom. The molecule has 0 amide bonds. The molecule has 0 heterocycles. The topological polar surface area (TPSA) is 96.2 Å². The first-order chi connectivity index (χ1) is 16.9. The van der Waals surface area contributed by atoms with E-state index in [2.05, 4.69) is 6.92 Å². The van der Waals surface area contributed by atoms with E-state index >= 15 is 0 Å². The molecule has 1 unspecified atom stereocenters. The van der Waals surface area contributed by atoms with E-state index in [1.807, 2.05) is 6.92 Å². The quantitative estimate of drug-likeness (QED) is 0.134. The number of phenols is 2. The largest absolute Gasteiger partial charge is 0.508 e. The van der Waals surface area contributed by atoms with Crippen molar-refractivity contribution in [1.29, 1.82) is 0 Å². The van der Waals surface area contributed by atoms with Gasteiger partial charge in [0, 0.05) is 29.7 Å². The molecule has 2 aromatic rings. The molecule has 0 radical (unpaired) electrons. The van der Waals surface area contributed by atoms with E-state index in [4.69, 9.17) is 9.47 Å². The SMILES string of the molecule is CCCCCCCCCCCC(=O)Oc1cc(OCC)ccc1C(O)C=Cc1ccc(O)cc1O. The highest BCUT2D eigenvalue weighted by Gasteiger charge is 2.16. The van der Waals surface area contributed by atoms with Crippen molar-refractivity contribution in [3.05, 3.63) is 53.6 Å². The first kappa shape index (κ1) is 28.2. The molecule has 0 saturated heterocycles. The molecule has 2 rings (SSSR count). The summed E-state index contributed by atoms with van der Waals surface area (Å²) < 4.78 is 11.2. The van der Waals surface area contributed by atoms with E-state index < -0.39 is 6.10 Å². The molecule has 1 atom stereocenters. The van der Waals surface area contributed by atoms with Gasteiger partial charge in [0.1, 0.15) is 29.1 Å². The van der Waals surface area contributed by atoms with E-state index in [1.165, 1.54) is 62.8 Å². The molecule has 35 heavy (non-hydrogen) atoms. The first-order valence-electron chi connectivity index (χ1n) is 12.8. The van der Waals surface area contributed by atoms with Crippen LogP contribution < -0.4 is 9.47 Å². The Kier molecular flexibility index (Phi) is 12.8. The van der Waals surface area contributed by atoms with E-state index in [0.717, 1.165) is 19.3 Å². The second-order valence-electron chi connectivity index (χ2n) is 8.73. The van der Waals surface area contributed by atoms with Gasteiger partial charge in [-0.2, -0.15) is 0 Å². The van der Waals surface area contributed by atoms with Crippen molar-refractivity contribution in [3.63, 3.8) is 0 Å². The lowest BCUT2D eigenvalue weighted by atomic mass is 10.1. The van der Waals surface area contributed by atoms with Gasteiger partial charge in [-0.15, -0.1) is 0 Å². The van der Waals surface area contributed by atoms with Crippen molar-refractivity contribution in [1.82, 2.24) is 0 Å². The summed E-state index contributed by atoms with van der Waals surface area (Å²) in [6, 6.07) is 9.20. The number of ether oxygens (including phenoxy) is 2. The molecular formula is C29H40O6. The number of carbonyl (C=O) groups excluding carboxylic acids is 1. The molecule has 192 valence electrons. The zero-order chi connectivity index (χ0) is 25.5. The van der Waals surface area contributed by atoms with Crippen LogP contribution in [0, 0.1) is 0 Å². The number of esters is 1. The summed E-state index contributed by atoms with van der Waals surface area (Å²) in [5.41, 5.74) is 0.861. The normalized spacial score (nSPS) is 12.1. The van der Waals surface area contributed by atoms with Crippen LogP contribution in [0.2, 0.25) is 0 Å². The Balaban J connectivity index is 1.95. The minimum absolute atomic E-state index is 0.0483. The van der Waals surface area contributed by atoms with Crippen LogP contribution in [0.25, 0.3) is 6.08 Å². The van der Waals surface area contributed by atoms with Gasteiger partial charge in [-0.1, -0.05) is 70.4 Å². The molecule has 3 N–H and O–H groups in total. The smallest absolute Gasteiger partial charge is 0.311 e. The van der Waals surface area contributed by atoms with E-state index in [9.17, 15) is 20.1 Å². The molecule has 0 spiro atoms. The minimum Gasteiger partial charge on any atom is -0.508 e. The van der Waals surface area contributed by atoms with Gasteiger partial charge in [-0.05, 0) is 37.6 Å². The van der Waals surface area contributed by atoms with Crippen LogP contribution >= 0.6 is 0 Å². The van der Waals surface area contributed by atoms with Crippen LogP contribution in [-0.4, -0.2) is 27.9 Å². The minimum atomic E-state index is -1.07. The molecule has 2 aromatic carbocycles. The van der Waals surface area contributed by atoms with Crippen molar-refractivity contribution in [3.8, 4) is 23.0 Å². The lowest BCUT2D eigenvalue weighted by molar-refractivity contribution is -0.134. The second-order valence-corrected chi connectivity index (χ2v) is 8.73. The van der Waals surface area contributed by atoms with E-state index in [1.54, 1.807) is 24.3 Å². The van der Waals surface area contributed by atoms with Crippen molar-refractivity contribution in [2.45, 2.75) is 84.2 Å². The molecule has 0 fully saturated rings. The molecule has 6 heteroatoms. The molecule has 0 aliphatic rings. The number of carbonyl (C=O) groups is 1. The van der Waals surface area contributed by atoms with E-state index in [0.29, 0.717) is 29.9 Å². The molecule has 6 nitrogen and oxygen atoms in total. The number of unbranched alkanes of at least 4 members (excludes halogenated alkanes) is 8. The second kappa shape index (κ2) is 15.8. The van der Waals surface area contributed by atoms with Gasteiger partial charge in [0.25, 0.3) is 0 Å². The zero-order valence-electron chi connectivity index (χ0n) is 21.0. The third kappa shape index (κ3) is 10.4. The summed E-state index contributed by atoms with van der Waals surface area (Å²) in [6.07, 6.45) is 12.8. The monoisotopic (exact) mass is 484 g/mol. The van der Waals surface area contributed by atoms with Gasteiger partial charge in [0.2, 0.25) is 0 Å². The van der Waals surface area contributed by atoms with Crippen LogP contribution in [0.15, 0.2) is 42.5 Å². The standard InChI is InChI=1S/C29H40O6/c1-3-5-6-7-8-9-10-11-12-13-29(33)35-28-21-24(34-4-2)17-18-25(28)26(31)19-15-22-14-16-23(30)20-27(22)32/h14-21,26,30-32H,3-13H2,1-2H3. The first-order valence-corrected chi connectivity index (χ1v) is 12.8. The maximum atomic E-state index is 12.5. The Hall–Kier alpha value is -2.99. The number of hydrogen-bond donors (Lipinski definition) is 3. The summed E-state index contributed by atoms with van der Waals surface area (Å²) in [7, 11) is 0. The van der Waals surface area contributed by atoms with Gasteiger partial charge in [0.05, 0.1) is 6.61 Å². The summed E-state index contributed by atoms with van der Waals surface area (Å²) in [6.45, 7) is 4.55. The summed E-state index contributed by atoms with van der Waals surface area (Å²) in [5, 5.41) is 30.1. The Morgan fingerprint density at radius 1 is 0.914 bits per heavy atom. The fourth-order valence-electron chi connectivity index (χ4n) is 3.83. The van der Waals surface area contributed by atoms with Gasteiger partial charge in [-0.3, -0.25) is 4.79 Å². The lowest BCUT2D eigenvalue weighted by Crippen LogP contribution is -2.10. The van der Waals surface area contributed by atoms with Crippen molar-refractivity contribution >= 4 is 12.0 Å². The lowest BCUT2D eigenvalue weighted by Gasteiger charge is -2.15. The third-order valence-corrected chi connectivity index (χ3v) is 5.80. The third-order valence-electron chi connectivity index (χ3n) is 5.80.